The molecule has 0 heterocycles. The summed E-state index contributed by atoms with van der Waals surface area (Å²) in [7, 11) is 0. The molecule has 1 rings (SSSR count). The molecule has 80 valence electrons. The lowest BCUT2D eigenvalue weighted by Gasteiger charge is -1.97. The monoisotopic (exact) mass is 205 g/mol. The van der Waals surface area contributed by atoms with E-state index in [2.05, 4.69) is 0 Å². The van der Waals surface area contributed by atoms with Crippen LogP contribution in [-0.2, 0) is 11.2 Å². The molecule has 0 radical (unpaired) electrons. The first-order chi connectivity index (χ1) is 7.22. The molecule has 3 nitrogen and oxygen atoms in total. The molecule has 1 aromatic carbocycles. The van der Waals surface area contributed by atoms with E-state index in [1.54, 1.807) is 18.2 Å². The van der Waals surface area contributed by atoms with Gasteiger partial charge in [0, 0.05) is 6.42 Å². The Balaban J connectivity index is 0.000000921. The zero-order valence-corrected chi connectivity index (χ0v) is 9.03. The molecule has 1 N–H and O–H groups in total. The van der Waals surface area contributed by atoms with E-state index in [1.807, 2.05) is 26.0 Å². The third-order valence-electron chi connectivity index (χ3n) is 1.68. The number of nitrogens with zero attached hydrogens (tertiary/aromatic N) is 1. The van der Waals surface area contributed by atoms with E-state index in [0.717, 1.165) is 5.56 Å². The maximum Gasteiger partial charge on any atom is 0.303 e. The number of benzene rings is 1. The first-order valence-corrected chi connectivity index (χ1v) is 4.93. The second-order valence-electron chi connectivity index (χ2n) is 2.71. The first kappa shape index (κ1) is 13.2. The van der Waals surface area contributed by atoms with Crippen molar-refractivity contribution in [2.75, 3.05) is 0 Å². The number of carboxylic acid groups (broad SMARTS) is 1. The highest BCUT2D eigenvalue weighted by Crippen LogP contribution is 2.06. The van der Waals surface area contributed by atoms with E-state index >= 15 is 0 Å². The molecule has 0 aliphatic rings. The van der Waals surface area contributed by atoms with Crippen molar-refractivity contribution in [1.29, 1.82) is 5.26 Å². The molecule has 15 heavy (non-hydrogen) atoms. The lowest BCUT2D eigenvalue weighted by Crippen LogP contribution is -1.97. The highest BCUT2D eigenvalue weighted by atomic mass is 16.4. The van der Waals surface area contributed by atoms with Crippen LogP contribution in [-0.4, -0.2) is 11.1 Å². The lowest BCUT2D eigenvalue weighted by atomic mass is 10.1. The van der Waals surface area contributed by atoms with Gasteiger partial charge in [-0.05, 0) is 24.1 Å². The highest BCUT2D eigenvalue weighted by molar-refractivity contribution is 5.67. The van der Waals surface area contributed by atoms with Gasteiger partial charge in [0.25, 0.3) is 0 Å². The minimum atomic E-state index is -0.817. The van der Waals surface area contributed by atoms with Crippen LogP contribution in [0.25, 0.3) is 0 Å². The van der Waals surface area contributed by atoms with Gasteiger partial charge in [-0.1, -0.05) is 26.0 Å². The molecule has 0 unspecified atom stereocenters. The molecule has 0 spiro atoms. The van der Waals surface area contributed by atoms with Crippen molar-refractivity contribution in [1.82, 2.24) is 0 Å². The van der Waals surface area contributed by atoms with Gasteiger partial charge < -0.3 is 5.11 Å². The summed E-state index contributed by atoms with van der Waals surface area (Å²) >= 11 is 0. The van der Waals surface area contributed by atoms with Crippen LogP contribution in [0.4, 0.5) is 0 Å². The summed E-state index contributed by atoms with van der Waals surface area (Å²) in [6.07, 6.45) is 0.583. The normalized spacial score (nSPS) is 8.33. The number of carboxylic acids is 1. The van der Waals surface area contributed by atoms with Crippen molar-refractivity contribution in [3.8, 4) is 6.07 Å². The van der Waals surface area contributed by atoms with Crippen molar-refractivity contribution in [3.63, 3.8) is 0 Å². The van der Waals surface area contributed by atoms with Gasteiger partial charge in [-0.25, -0.2) is 0 Å². The molecule has 0 bridgehead atoms. The summed E-state index contributed by atoms with van der Waals surface area (Å²) < 4.78 is 0. The van der Waals surface area contributed by atoms with Crippen LogP contribution >= 0.6 is 0 Å². The molecule has 0 amide bonds. The maximum absolute atomic E-state index is 10.3. The maximum atomic E-state index is 10.3. The Hall–Kier alpha value is -1.82. The molecule has 0 fully saturated rings. The highest BCUT2D eigenvalue weighted by Gasteiger charge is 1.99. The van der Waals surface area contributed by atoms with Gasteiger partial charge in [0.05, 0.1) is 11.6 Å². The van der Waals surface area contributed by atoms with Crippen molar-refractivity contribution >= 4 is 5.97 Å². The van der Waals surface area contributed by atoms with Gasteiger partial charge >= 0.3 is 5.97 Å². The Kier molecular flexibility index (Phi) is 6.65. The summed E-state index contributed by atoms with van der Waals surface area (Å²) in [6, 6.07) is 9.00. The Labute approximate surface area is 90.0 Å². The molecule has 0 saturated carbocycles. The average molecular weight is 205 g/mol. The third kappa shape index (κ3) is 5.48. The van der Waals surface area contributed by atoms with Gasteiger partial charge in [-0.3, -0.25) is 4.79 Å². The topological polar surface area (TPSA) is 61.1 Å². The van der Waals surface area contributed by atoms with Crippen molar-refractivity contribution < 1.29 is 9.90 Å². The number of carbonyl (C=O) groups is 1. The fourth-order valence-corrected chi connectivity index (χ4v) is 1.05. The quantitative estimate of drug-likeness (QED) is 0.825. The summed E-state index contributed by atoms with van der Waals surface area (Å²) in [4.78, 5) is 10.3. The van der Waals surface area contributed by atoms with E-state index in [-0.39, 0.29) is 6.42 Å². The number of nitriles is 1. The van der Waals surface area contributed by atoms with Gasteiger partial charge in [0.1, 0.15) is 0 Å². The molecular formula is C12H15NO2. The Morgan fingerprint density at radius 2 is 2.13 bits per heavy atom. The lowest BCUT2D eigenvalue weighted by molar-refractivity contribution is -0.136. The van der Waals surface area contributed by atoms with Crippen LogP contribution in [0, 0.1) is 11.3 Å². The smallest absolute Gasteiger partial charge is 0.303 e. The van der Waals surface area contributed by atoms with Crippen LogP contribution in [0.1, 0.15) is 31.4 Å². The standard InChI is InChI=1S/C10H9NO2.C2H6/c11-7-9-3-1-2-8(6-9)4-5-10(12)13;1-2/h1-3,6H,4-5H2,(H,12,13);1-2H3. The Bertz CT molecular complexity index is 353. The van der Waals surface area contributed by atoms with Crippen molar-refractivity contribution in [2.24, 2.45) is 0 Å². The number of aryl methyl sites for hydroxylation is 1. The molecule has 1 aromatic rings. The summed E-state index contributed by atoms with van der Waals surface area (Å²) in [6.45, 7) is 4.00. The van der Waals surface area contributed by atoms with Gasteiger partial charge in [0.15, 0.2) is 0 Å². The molecule has 3 heteroatoms. The van der Waals surface area contributed by atoms with Crippen LogP contribution in [0.2, 0.25) is 0 Å². The molecule has 0 aromatic heterocycles. The molecule has 0 aliphatic carbocycles. The zero-order valence-electron chi connectivity index (χ0n) is 9.03. The number of aliphatic carboxylic acids is 1. The summed E-state index contributed by atoms with van der Waals surface area (Å²) in [5, 5.41) is 17.0. The van der Waals surface area contributed by atoms with Crippen molar-refractivity contribution in [3.05, 3.63) is 35.4 Å². The summed E-state index contributed by atoms with van der Waals surface area (Å²) in [5.74, 6) is -0.817. The van der Waals surface area contributed by atoms with E-state index in [4.69, 9.17) is 10.4 Å². The van der Waals surface area contributed by atoms with Crippen LogP contribution < -0.4 is 0 Å². The molecule has 0 aliphatic heterocycles. The Morgan fingerprint density at radius 3 is 2.67 bits per heavy atom. The average Bonchev–Trinajstić information content (AvgIpc) is 2.29. The van der Waals surface area contributed by atoms with Crippen molar-refractivity contribution in [2.45, 2.75) is 26.7 Å². The Morgan fingerprint density at radius 1 is 1.47 bits per heavy atom. The second-order valence-corrected chi connectivity index (χ2v) is 2.71. The van der Waals surface area contributed by atoms with E-state index in [1.165, 1.54) is 0 Å². The predicted molar refractivity (Wildman–Crippen MR) is 58.5 cm³/mol. The molecule has 0 atom stereocenters. The summed E-state index contributed by atoms with van der Waals surface area (Å²) in [5.41, 5.74) is 1.46. The predicted octanol–water partition coefficient (Wildman–Crippen LogP) is 2.60. The fraction of sp³-hybridized carbons (Fsp3) is 0.333. The minimum absolute atomic E-state index is 0.106. The van der Waals surface area contributed by atoms with E-state index < -0.39 is 5.97 Å². The van der Waals surface area contributed by atoms with Gasteiger partial charge in [0.2, 0.25) is 0 Å². The fourth-order valence-electron chi connectivity index (χ4n) is 1.05. The first-order valence-electron chi connectivity index (χ1n) is 4.93. The van der Waals surface area contributed by atoms with Crippen LogP contribution in [0.5, 0.6) is 0 Å². The minimum Gasteiger partial charge on any atom is -0.481 e. The number of rotatable bonds is 3. The number of hydrogen-bond donors (Lipinski definition) is 1. The van der Waals surface area contributed by atoms with Crippen LogP contribution in [0.15, 0.2) is 24.3 Å². The van der Waals surface area contributed by atoms with Crippen LogP contribution in [0.3, 0.4) is 0 Å². The second kappa shape index (κ2) is 7.57. The third-order valence-corrected chi connectivity index (χ3v) is 1.68. The number of hydrogen-bond acceptors (Lipinski definition) is 2. The van der Waals surface area contributed by atoms with E-state index in [0.29, 0.717) is 12.0 Å². The van der Waals surface area contributed by atoms with E-state index in [9.17, 15) is 4.79 Å². The van der Waals surface area contributed by atoms with Gasteiger partial charge in [-0.15, -0.1) is 0 Å². The molecule has 0 saturated heterocycles. The van der Waals surface area contributed by atoms with Gasteiger partial charge in [-0.2, -0.15) is 5.26 Å². The zero-order chi connectivity index (χ0) is 11.7. The molecular weight excluding hydrogens is 190 g/mol. The largest absolute Gasteiger partial charge is 0.481 e. The SMILES string of the molecule is CC.N#Cc1cccc(CCC(=O)O)c1.